The molecule has 0 aliphatic rings. The predicted molar refractivity (Wildman–Crippen MR) is 144 cm³/mol. The van der Waals surface area contributed by atoms with Crippen molar-refractivity contribution in [3.63, 3.8) is 0 Å². The zero-order chi connectivity index (χ0) is 24.3. The van der Waals surface area contributed by atoms with Crippen LogP contribution in [0.3, 0.4) is 0 Å². The van der Waals surface area contributed by atoms with Crippen LogP contribution in [0.15, 0.2) is 18.2 Å². The smallest absolute Gasteiger partial charge is 0.313 e. The summed E-state index contributed by atoms with van der Waals surface area (Å²) >= 11 is 0. The zero-order valence-electron chi connectivity index (χ0n) is 22.7. The van der Waals surface area contributed by atoms with E-state index in [-0.39, 0.29) is 11.9 Å². The maximum atomic E-state index is 12.8. The maximum Gasteiger partial charge on any atom is 0.313 e. The SMILES string of the molecule is CCCCCCCCCCC(CCCCCCCC)COC(=O)C(C)c1cccc(C)c1C. The minimum atomic E-state index is -0.192. The number of hydrogen-bond donors (Lipinski definition) is 0. The van der Waals surface area contributed by atoms with Gasteiger partial charge in [-0.15, -0.1) is 0 Å². The first kappa shape index (κ1) is 29.7. The van der Waals surface area contributed by atoms with Gasteiger partial charge in [0.25, 0.3) is 0 Å². The number of unbranched alkanes of at least 4 members (excludes halogenated alkanes) is 12. The molecule has 0 radical (unpaired) electrons. The largest absolute Gasteiger partial charge is 0.465 e. The Kier molecular flexibility index (Phi) is 17.2. The first-order chi connectivity index (χ1) is 16.0. The Morgan fingerprint density at radius 3 is 1.76 bits per heavy atom. The lowest BCUT2D eigenvalue weighted by Crippen LogP contribution is -2.19. The van der Waals surface area contributed by atoms with E-state index in [4.69, 9.17) is 4.74 Å². The molecule has 0 aliphatic heterocycles. The van der Waals surface area contributed by atoms with E-state index in [1.165, 1.54) is 114 Å². The fourth-order valence-electron chi connectivity index (χ4n) is 4.79. The lowest BCUT2D eigenvalue weighted by Gasteiger charge is -2.20. The summed E-state index contributed by atoms with van der Waals surface area (Å²) in [6.45, 7) is 11.4. The van der Waals surface area contributed by atoms with Gasteiger partial charge in [-0.05, 0) is 56.2 Å². The fourth-order valence-corrected chi connectivity index (χ4v) is 4.79. The van der Waals surface area contributed by atoms with Crippen molar-refractivity contribution >= 4 is 5.97 Å². The Hall–Kier alpha value is -1.31. The second-order valence-corrected chi connectivity index (χ2v) is 10.3. The molecule has 190 valence electrons. The van der Waals surface area contributed by atoms with Gasteiger partial charge >= 0.3 is 5.97 Å². The molecule has 0 saturated carbocycles. The quantitative estimate of drug-likeness (QED) is 0.143. The van der Waals surface area contributed by atoms with Crippen LogP contribution in [-0.4, -0.2) is 12.6 Å². The van der Waals surface area contributed by atoms with Crippen LogP contribution >= 0.6 is 0 Å². The van der Waals surface area contributed by atoms with Gasteiger partial charge in [-0.1, -0.05) is 122 Å². The van der Waals surface area contributed by atoms with E-state index < -0.39 is 0 Å². The summed E-state index contributed by atoms with van der Waals surface area (Å²) in [5.41, 5.74) is 3.56. The molecule has 0 amide bonds. The maximum absolute atomic E-state index is 12.8. The molecule has 0 heterocycles. The fraction of sp³-hybridized carbons (Fsp3) is 0.774. The normalized spacial score (nSPS) is 13.1. The standard InChI is InChI=1S/C31H54O2/c1-6-8-10-12-14-15-17-19-23-29(22-18-16-13-11-9-7-2)25-33-31(32)28(5)30-24-20-21-26(3)27(30)4/h20-21,24,28-29H,6-19,22-23,25H2,1-5H3. The van der Waals surface area contributed by atoms with E-state index in [9.17, 15) is 4.79 Å². The monoisotopic (exact) mass is 458 g/mol. The Balaban J connectivity index is 2.45. The average Bonchev–Trinajstić information content (AvgIpc) is 2.81. The molecule has 1 rings (SSSR count). The molecule has 2 heteroatoms. The molecule has 0 N–H and O–H groups in total. The van der Waals surface area contributed by atoms with Crippen LogP contribution in [0.25, 0.3) is 0 Å². The van der Waals surface area contributed by atoms with Crippen LogP contribution in [0, 0.1) is 19.8 Å². The van der Waals surface area contributed by atoms with Gasteiger partial charge in [0.2, 0.25) is 0 Å². The molecule has 0 spiro atoms. The molecule has 2 nitrogen and oxygen atoms in total. The van der Waals surface area contributed by atoms with Crippen LogP contribution in [0.4, 0.5) is 0 Å². The van der Waals surface area contributed by atoms with Gasteiger partial charge in [-0.2, -0.15) is 0 Å². The van der Waals surface area contributed by atoms with Gasteiger partial charge in [0.1, 0.15) is 0 Å². The number of carbonyl (C=O) groups excluding carboxylic acids is 1. The van der Waals surface area contributed by atoms with Crippen molar-refractivity contribution < 1.29 is 9.53 Å². The van der Waals surface area contributed by atoms with E-state index in [2.05, 4.69) is 39.8 Å². The third-order valence-corrected chi connectivity index (χ3v) is 7.36. The van der Waals surface area contributed by atoms with E-state index in [1.54, 1.807) is 0 Å². The Morgan fingerprint density at radius 1 is 0.758 bits per heavy atom. The number of rotatable bonds is 20. The number of carbonyl (C=O) groups is 1. The molecular weight excluding hydrogens is 404 g/mol. The first-order valence-corrected chi connectivity index (χ1v) is 14.2. The van der Waals surface area contributed by atoms with Crippen LogP contribution in [0.5, 0.6) is 0 Å². The van der Waals surface area contributed by atoms with Crippen LogP contribution in [-0.2, 0) is 9.53 Å². The highest BCUT2D eigenvalue weighted by atomic mass is 16.5. The van der Waals surface area contributed by atoms with Gasteiger partial charge in [0.05, 0.1) is 12.5 Å². The lowest BCUT2D eigenvalue weighted by atomic mass is 9.93. The van der Waals surface area contributed by atoms with Crippen LogP contribution in [0.1, 0.15) is 146 Å². The average molecular weight is 459 g/mol. The number of ether oxygens (including phenoxy) is 1. The number of esters is 1. The minimum absolute atomic E-state index is 0.0624. The van der Waals surface area contributed by atoms with Crippen molar-refractivity contribution in [1.82, 2.24) is 0 Å². The van der Waals surface area contributed by atoms with Gasteiger partial charge < -0.3 is 4.74 Å². The molecule has 0 aliphatic carbocycles. The Bertz CT molecular complexity index is 621. The summed E-state index contributed by atoms with van der Waals surface area (Å²) < 4.78 is 5.89. The van der Waals surface area contributed by atoms with Crippen molar-refractivity contribution in [1.29, 1.82) is 0 Å². The van der Waals surface area contributed by atoms with Crippen molar-refractivity contribution in [2.75, 3.05) is 6.61 Å². The van der Waals surface area contributed by atoms with Gasteiger partial charge in [-0.3, -0.25) is 4.79 Å². The molecule has 0 saturated heterocycles. The molecule has 0 fully saturated rings. The van der Waals surface area contributed by atoms with Crippen LogP contribution < -0.4 is 0 Å². The summed E-state index contributed by atoms with van der Waals surface area (Å²) in [6, 6.07) is 6.23. The van der Waals surface area contributed by atoms with Gasteiger partial charge in [0, 0.05) is 0 Å². The van der Waals surface area contributed by atoms with Crippen molar-refractivity contribution in [3.8, 4) is 0 Å². The number of aryl methyl sites for hydroxylation is 1. The van der Waals surface area contributed by atoms with E-state index in [0.29, 0.717) is 12.5 Å². The molecular formula is C31H54O2. The van der Waals surface area contributed by atoms with Crippen molar-refractivity contribution in [3.05, 3.63) is 34.9 Å². The second-order valence-electron chi connectivity index (χ2n) is 10.3. The second kappa shape index (κ2) is 19.0. The van der Waals surface area contributed by atoms with E-state index >= 15 is 0 Å². The molecule has 1 aromatic rings. The lowest BCUT2D eigenvalue weighted by molar-refractivity contribution is -0.146. The molecule has 0 bridgehead atoms. The summed E-state index contributed by atoms with van der Waals surface area (Å²) in [4.78, 5) is 12.8. The van der Waals surface area contributed by atoms with Gasteiger partial charge in [0.15, 0.2) is 0 Å². The highest BCUT2D eigenvalue weighted by Crippen LogP contribution is 2.25. The molecule has 2 unspecified atom stereocenters. The molecule has 2 atom stereocenters. The van der Waals surface area contributed by atoms with Crippen LogP contribution in [0.2, 0.25) is 0 Å². The summed E-state index contributed by atoms with van der Waals surface area (Å²) in [6.07, 6.45) is 21.2. The summed E-state index contributed by atoms with van der Waals surface area (Å²) in [7, 11) is 0. The zero-order valence-corrected chi connectivity index (χ0v) is 22.7. The van der Waals surface area contributed by atoms with E-state index in [1.807, 2.05) is 13.0 Å². The molecule has 1 aromatic carbocycles. The van der Waals surface area contributed by atoms with Crippen molar-refractivity contribution in [2.45, 2.75) is 143 Å². The highest BCUT2D eigenvalue weighted by molar-refractivity contribution is 5.78. The molecule has 33 heavy (non-hydrogen) atoms. The Labute approximate surface area is 206 Å². The predicted octanol–water partition coefficient (Wildman–Crippen LogP) is 9.85. The third-order valence-electron chi connectivity index (χ3n) is 7.36. The van der Waals surface area contributed by atoms with Gasteiger partial charge in [-0.25, -0.2) is 0 Å². The Morgan fingerprint density at radius 2 is 1.24 bits per heavy atom. The minimum Gasteiger partial charge on any atom is -0.465 e. The van der Waals surface area contributed by atoms with E-state index in [0.717, 1.165) is 5.56 Å². The topological polar surface area (TPSA) is 26.3 Å². The third kappa shape index (κ3) is 13.2. The number of benzene rings is 1. The first-order valence-electron chi connectivity index (χ1n) is 14.2. The number of hydrogen-bond acceptors (Lipinski definition) is 2. The molecule has 0 aromatic heterocycles. The summed E-state index contributed by atoms with van der Waals surface area (Å²) in [5.74, 6) is 0.265. The van der Waals surface area contributed by atoms with Crippen molar-refractivity contribution in [2.24, 2.45) is 5.92 Å². The summed E-state index contributed by atoms with van der Waals surface area (Å²) in [5, 5.41) is 0. The highest BCUT2D eigenvalue weighted by Gasteiger charge is 2.21.